The van der Waals surface area contributed by atoms with Crippen LogP contribution in [0.1, 0.15) is 20.8 Å². The molecule has 0 aromatic carbocycles. The second-order valence-electron chi connectivity index (χ2n) is 4.97. The smallest absolute Gasteiger partial charge is 0.242 e. The molecule has 1 saturated heterocycles. The number of nitrogens with two attached hydrogens (primary N) is 1. The summed E-state index contributed by atoms with van der Waals surface area (Å²) in [5, 5.41) is 0. The highest BCUT2D eigenvalue weighted by Crippen LogP contribution is 2.08. The molecular weight excluding hydrogens is 208 g/mol. The maximum atomic E-state index is 11.9. The highest BCUT2D eigenvalue weighted by atomic mass is 16.5. The number of amides is 1. The first-order valence-electron chi connectivity index (χ1n) is 5.66. The second-order valence-corrected chi connectivity index (χ2v) is 4.97. The lowest BCUT2D eigenvalue weighted by molar-refractivity contribution is -0.139. The zero-order valence-electron chi connectivity index (χ0n) is 10.4. The van der Waals surface area contributed by atoms with E-state index in [1.807, 2.05) is 20.8 Å². The average Bonchev–Trinajstić information content (AvgIpc) is 2.25. The van der Waals surface area contributed by atoms with Gasteiger partial charge in [0.15, 0.2) is 0 Å². The molecule has 1 fully saturated rings. The lowest BCUT2D eigenvalue weighted by Gasteiger charge is -2.30. The number of carbonyl (C=O) groups is 1. The summed E-state index contributed by atoms with van der Waals surface area (Å²) in [6.07, 6.45) is 0. The molecule has 0 spiro atoms. The molecule has 0 saturated carbocycles. The lowest BCUT2D eigenvalue weighted by atomic mass is 10.2. The van der Waals surface area contributed by atoms with Crippen molar-refractivity contribution in [3.8, 4) is 0 Å². The number of morpholine rings is 1. The van der Waals surface area contributed by atoms with Crippen LogP contribution in [0.4, 0.5) is 0 Å². The van der Waals surface area contributed by atoms with Crippen molar-refractivity contribution in [1.82, 2.24) is 4.90 Å². The highest BCUT2D eigenvalue weighted by molar-refractivity contribution is 5.81. The van der Waals surface area contributed by atoms with Crippen molar-refractivity contribution >= 4 is 5.91 Å². The van der Waals surface area contributed by atoms with E-state index in [-0.39, 0.29) is 18.1 Å². The molecule has 1 amide bonds. The van der Waals surface area contributed by atoms with Crippen LogP contribution in [0.5, 0.6) is 0 Å². The fraction of sp³-hybridized carbons (Fsp3) is 0.909. The van der Waals surface area contributed by atoms with Gasteiger partial charge in [-0.05, 0) is 20.8 Å². The van der Waals surface area contributed by atoms with E-state index in [9.17, 15) is 4.79 Å². The zero-order chi connectivity index (χ0) is 12.2. The van der Waals surface area contributed by atoms with Gasteiger partial charge in [-0.15, -0.1) is 0 Å². The zero-order valence-corrected chi connectivity index (χ0v) is 10.4. The van der Waals surface area contributed by atoms with Crippen LogP contribution in [0.3, 0.4) is 0 Å². The van der Waals surface area contributed by atoms with Crippen LogP contribution in [-0.4, -0.2) is 55.4 Å². The van der Waals surface area contributed by atoms with Crippen LogP contribution in [0.15, 0.2) is 0 Å². The van der Waals surface area contributed by atoms with Gasteiger partial charge in [-0.2, -0.15) is 0 Å². The van der Waals surface area contributed by atoms with Gasteiger partial charge in [-0.1, -0.05) is 0 Å². The Morgan fingerprint density at radius 1 is 1.44 bits per heavy atom. The predicted molar refractivity (Wildman–Crippen MR) is 61.1 cm³/mol. The summed E-state index contributed by atoms with van der Waals surface area (Å²) >= 11 is 0. The molecule has 1 aliphatic rings. The van der Waals surface area contributed by atoms with Crippen molar-refractivity contribution in [2.75, 3.05) is 32.9 Å². The van der Waals surface area contributed by atoms with Gasteiger partial charge in [0, 0.05) is 13.1 Å². The Kier molecular flexibility index (Phi) is 4.70. The van der Waals surface area contributed by atoms with Crippen LogP contribution in [0.25, 0.3) is 0 Å². The van der Waals surface area contributed by atoms with Gasteiger partial charge in [0.05, 0.1) is 25.4 Å². The van der Waals surface area contributed by atoms with E-state index >= 15 is 0 Å². The van der Waals surface area contributed by atoms with E-state index in [1.165, 1.54) is 0 Å². The molecule has 0 aromatic heterocycles. The SMILES string of the molecule is CC(C)(C)OCC(N)C(=O)N1CCOCC1. The molecule has 0 radical (unpaired) electrons. The third-order valence-corrected chi connectivity index (χ3v) is 2.34. The number of nitrogens with zero attached hydrogens (tertiary/aromatic N) is 1. The van der Waals surface area contributed by atoms with Gasteiger partial charge in [0.25, 0.3) is 0 Å². The molecule has 16 heavy (non-hydrogen) atoms. The fourth-order valence-electron chi connectivity index (χ4n) is 1.43. The number of carbonyl (C=O) groups excluding carboxylic acids is 1. The standard InChI is InChI=1S/C11H22N2O3/c1-11(2,3)16-8-9(12)10(14)13-4-6-15-7-5-13/h9H,4-8,12H2,1-3H3. The number of hydrogen-bond acceptors (Lipinski definition) is 4. The van der Waals surface area contributed by atoms with Crippen LogP contribution in [0.2, 0.25) is 0 Å². The Labute approximate surface area is 96.9 Å². The summed E-state index contributed by atoms with van der Waals surface area (Å²) in [6, 6.07) is -0.572. The molecule has 1 rings (SSSR count). The van der Waals surface area contributed by atoms with Crippen molar-refractivity contribution in [3.63, 3.8) is 0 Å². The average molecular weight is 230 g/mol. The first kappa shape index (κ1) is 13.4. The molecule has 5 heteroatoms. The third-order valence-electron chi connectivity index (χ3n) is 2.34. The maximum absolute atomic E-state index is 11.9. The molecule has 1 unspecified atom stereocenters. The maximum Gasteiger partial charge on any atom is 0.242 e. The van der Waals surface area contributed by atoms with Crippen molar-refractivity contribution in [2.24, 2.45) is 5.73 Å². The molecule has 0 bridgehead atoms. The van der Waals surface area contributed by atoms with Gasteiger partial charge in [-0.25, -0.2) is 0 Å². The summed E-state index contributed by atoms with van der Waals surface area (Å²) in [4.78, 5) is 13.6. The monoisotopic (exact) mass is 230 g/mol. The number of rotatable bonds is 3. The summed E-state index contributed by atoms with van der Waals surface area (Å²) in [5.74, 6) is -0.0486. The third kappa shape index (κ3) is 4.47. The summed E-state index contributed by atoms with van der Waals surface area (Å²) < 4.78 is 10.7. The molecule has 1 heterocycles. The minimum atomic E-state index is -0.572. The van der Waals surface area contributed by atoms with Gasteiger partial charge < -0.3 is 20.1 Å². The Morgan fingerprint density at radius 3 is 2.50 bits per heavy atom. The predicted octanol–water partition coefficient (Wildman–Crippen LogP) is -0.0124. The van der Waals surface area contributed by atoms with Crippen molar-refractivity contribution < 1.29 is 14.3 Å². The minimum Gasteiger partial charge on any atom is -0.378 e. The minimum absolute atomic E-state index is 0.0486. The molecule has 0 aromatic rings. The Hall–Kier alpha value is -0.650. The van der Waals surface area contributed by atoms with E-state index in [4.69, 9.17) is 15.2 Å². The molecule has 2 N–H and O–H groups in total. The van der Waals surface area contributed by atoms with Crippen molar-refractivity contribution in [3.05, 3.63) is 0 Å². The summed E-state index contributed by atoms with van der Waals surface area (Å²) in [7, 11) is 0. The largest absolute Gasteiger partial charge is 0.378 e. The Morgan fingerprint density at radius 2 is 2.00 bits per heavy atom. The van der Waals surface area contributed by atoms with Gasteiger partial charge in [0.1, 0.15) is 6.04 Å². The Bertz CT molecular complexity index is 232. The first-order chi connectivity index (χ1) is 7.40. The summed E-state index contributed by atoms with van der Waals surface area (Å²) in [6.45, 7) is 8.54. The van der Waals surface area contributed by atoms with Gasteiger partial charge in [-0.3, -0.25) is 4.79 Å². The normalized spacial score (nSPS) is 19.6. The molecular formula is C11H22N2O3. The van der Waals surface area contributed by atoms with Crippen LogP contribution in [-0.2, 0) is 14.3 Å². The molecule has 94 valence electrons. The van der Waals surface area contributed by atoms with E-state index in [0.29, 0.717) is 26.3 Å². The molecule has 0 aliphatic carbocycles. The lowest BCUT2D eigenvalue weighted by Crippen LogP contribution is -2.50. The van der Waals surface area contributed by atoms with Gasteiger partial charge in [0.2, 0.25) is 5.91 Å². The van der Waals surface area contributed by atoms with Crippen LogP contribution < -0.4 is 5.73 Å². The van der Waals surface area contributed by atoms with E-state index < -0.39 is 6.04 Å². The van der Waals surface area contributed by atoms with E-state index in [1.54, 1.807) is 4.90 Å². The van der Waals surface area contributed by atoms with E-state index in [2.05, 4.69) is 0 Å². The van der Waals surface area contributed by atoms with Crippen molar-refractivity contribution in [1.29, 1.82) is 0 Å². The highest BCUT2D eigenvalue weighted by Gasteiger charge is 2.24. The topological polar surface area (TPSA) is 64.8 Å². The molecule has 1 aliphatic heterocycles. The quantitative estimate of drug-likeness (QED) is 0.740. The van der Waals surface area contributed by atoms with Gasteiger partial charge >= 0.3 is 0 Å². The number of hydrogen-bond donors (Lipinski definition) is 1. The summed E-state index contributed by atoms with van der Waals surface area (Å²) in [5.41, 5.74) is 5.54. The molecule has 1 atom stereocenters. The second kappa shape index (κ2) is 5.61. The van der Waals surface area contributed by atoms with Crippen LogP contribution in [0, 0.1) is 0 Å². The molecule has 5 nitrogen and oxygen atoms in total. The van der Waals surface area contributed by atoms with Crippen LogP contribution >= 0.6 is 0 Å². The Balaban J connectivity index is 2.34. The fourth-order valence-corrected chi connectivity index (χ4v) is 1.43. The number of ether oxygens (including phenoxy) is 2. The first-order valence-corrected chi connectivity index (χ1v) is 5.66. The van der Waals surface area contributed by atoms with E-state index in [0.717, 1.165) is 0 Å². The van der Waals surface area contributed by atoms with Crippen molar-refractivity contribution in [2.45, 2.75) is 32.4 Å².